The summed E-state index contributed by atoms with van der Waals surface area (Å²) in [5.41, 5.74) is 0.0276. The Balaban J connectivity index is 1.72. The fraction of sp³-hybridized carbons (Fsp3) is 0.381. The maximum absolute atomic E-state index is 13.6. The van der Waals surface area contributed by atoms with Crippen molar-refractivity contribution in [3.63, 3.8) is 0 Å². The van der Waals surface area contributed by atoms with Crippen molar-refractivity contribution in [3.8, 4) is 5.75 Å². The minimum Gasteiger partial charge on any atom is -0.490 e. The SMILES string of the molecule is CN1CCC(Oc2ccc(NC(=O)Cc3cccc(I)c3)cc2C(F)(F)F)CC1. The minimum atomic E-state index is -4.57. The van der Waals surface area contributed by atoms with E-state index in [2.05, 4.69) is 32.8 Å². The first-order valence-corrected chi connectivity index (χ1v) is 10.4. The van der Waals surface area contributed by atoms with Crippen LogP contribution in [0.3, 0.4) is 0 Å². The third-order valence-electron chi connectivity index (χ3n) is 4.78. The molecule has 3 rings (SSSR count). The zero-order valence-electron chi connectivity index (χ0n) is 15.9. The topological polar surface area (TPSA) is 41.6 Å². The van der Waals surface area contributed by atoms with E-state index in [9.17, 15) is 18.0 Å². The van der Waals surface area contributed by atoms with E-state index in [1.165, 1.54) is 12.1 Å². The number of nitrogens with zero attached hydrogens (tertiary/aromatic N) is 1. The molecule has 0 radical (unpaired) electrons. The van der Waals surface area contributed by atoms with Crippen LogP contribution in [0, 0.1) is 3.57 Å². The van der Waals surface area contributed by atoms with Gasteiger partial charge in [0.15, 0.2) is 0 Å². The van der Waals surface area contributed by atoms with Crippen LogP contribution in [-0.2, 0) is 17.4 Å². The molecule has 8 heteroatoms. The van der Waals surface area contributed by atoms with E-state index in [0.29, 0.717) is 12.8 Å². The lowest BCUT2D eigenvalue weighted by molar-refractivity contribution is -0.139. The second kappa shape index (κ2) is 9.34. The van der Waals surface area contributed by atoms with Crippen LogP contribution in [0.2, 0.25) is 0 Å². The van der Waals surface area contributed by atoms with Crippen molar-refractivity contribution < 1.29 is 22.7 Å². The normalized spacial score (nSPS) is 15.9. The lowest BCUT2D eigenvalue weighted by atomic mass is 10.1. The molecular formula is C21H22F3IN2O2. The van der Waals surface area contributed by atoms with Crippen molar-refractivity contribution in [2.75, 3.05) is 25.5 Å². The Hall–Kier alpha value is -1.81. The van der Waals surface area contributed by atoms with Crippen LogP contribution in [0.1, 0.15) is 24.0 Å². The Kier molecular flexibility index (Phi) is 7.05. The summed E-state index contributed by atoms with van der Waals surface area (Å²) in [5, 5.41) is 2.56. The van der Waals surface area contributed by atoms with Gasteiger partial charge in [-0.25, -0.2) is 0 Å². The summed E-state index contributed by atoms with van der Waals surface area (Å²) in [5.74, 6) is -0.563. The largest absolute Gasteiger partial charge is 0.490 e. The van der Waals surface area contributed by atoms with Gasteiger partial charge >= 0.3 is 6.18 Å². The number of halogens is 4. The third kappa shape index (κ3) is 6.33. The number of likely N-dealkylation sites (tertiary alicyclic amines) is 1. The van der Waals surface area contributed by atoms with Crippen LogP contribution in [0.25, 0.3) is 0 Å². The Morgan fingerprint density at radius 2 is 1.93 bits per heavy atom. The van der Waals surface area contributed by atoms with E-state index < -0.39 is 11.7 Å². The van der Waals surface area contributed by atoms with Gasteiger partial charge in [0, 0.05) is 22.3 Å². The molecule has 1 fully saturated rings. The quantitative estimate of drug-likeness (QED) is 0.569. The molecule has 0 aliphatic carbocycles. The standard InChI is InChI=1S/C21H22F3IN2O2/c1-27-9-7-17(8-10-27)29-19-6-5-16(13-18(19)21(22,23)24)26-20(28)12-14-3-2-4-15(25)11-14/h2-6,11,13,17H,7-10,12H2,1H3,(H,26,28). The molecule has 1 saturated heterocycles. The molecule has 0 atom stereocenters. The Bertz CT molecular complexity index is 865. The number of rotatable bonds is 5. The predicted octanol–water partition coefficient (Wildman–Crippen LogP) is 4.96. The van der Waals surface area contributed by atoms with Crippen LogP contribution < -0.4 is 10.1 Å². The molecule has 4 nitrogen and oxygen atoms in total. The van der Waals surface area contributed by atoms with E-state index in [4.69, 9.17) is 4.74 Å². The summed E-state index contributed by atoms with van der Waals surface area (Å²) < 4.78 is 47.4. The molecular weight excluding hydrogens is 496 g/mol. The first-order chi connectivity index (χ1) is 13.7. The monoisotopic (exact) mass is 518 g/mol. The summed E-state index contributed by atoms with van der Waals surface area (Å²) >= 11 is 2.14. The van der Waals surface area contributed by atoms with Gasteiger partial charge in [0.25, 0.3) is 0 Å². The lowest BCUT2D eigenvalue weighted by Gasteiger charge is -2.30. The maximum Gasteiger partial charge on any atom is 0.420 e. The van der Waals surface area contributed by atoms with Crippen molar-refractivity contribution >= 4 is 34.2 Å². The zero-order valence-corrected chi connectivity index (χ0v) is 18.1. The molecule has 1 amide bonds. The maximum atomic E-state index is 13.6. The number of amides is 1. The summed E-state index contributed by atoms with van der Waals surface area (Å²) in [6.45, 7) is 1.58. The van der Waals surface area contributed by atoms with Crippen molar-refractivity contribution in [2.45, 2.75) is 31.5 Å². The number of anilines is 1. The molecule has 2 aromatic carbocycles. The minimum absolute atomic E-state index is 0.0893. The number of carbonyl (C=O) groups is 1. The molecule has 1 heterocycles. The van der Waals surface area contributed by atoms with E-state index in [1.807, 2.05) is 25.2 Å². The molecule has 1 aliphatic heterocycles. The molecule has 29 heavy (non-hydrogen) atoms. The van der Waals surface area contributed by atoms with E-state index >= 15 is 0 Å². The zero-order chi connectivity index (χ0) is 21.0. The van der Waals surface area contributed by atoms with Crippen LogP contribution in [0.5, 0.6) is 5.75 Å². The molecule has 0 spiro atoms. The molecule has 0 saturated carbocycles. The molecule has 1 aliphatic rings. The fourth-order valence-corrected chi connectivity index (χ4v) is 3.86. The van der Waals surface area contributed by atoms with Gasteiger partial charge in [-0.05, 0) is 78.4 Å². The van der Waals surface area contributed by atoms with Crippen LogP contribution >= 0.6 is 22.6 Å². The number of alkyl halides is 3. The van der Waals surface area contributed by atoms with Crippen molar-refractivity contribution in [3.05, 3.63) is 57.2 Å². The lowest BCUT2D eigenvalue weighted by Crippen LogP contribution is -2.36. The number of carbonyl (C=O) groups excluding carboxylic acids is 1. The number of hydrogen-bond donors (Lipinski definition) is 1. The van der Waals surface area contributed by atoms with Gasteiger partial charge in [-0.15, -0.1) is 0 Å². The van der Waals surface area contributed by atoms with Gasteiger partial charge in [-0.2, -0.15) is 13.2 Å². The summed E-state index contributed by atoms with van der Waals surface area (Å²) in [7, 11) is 1.98. The fourth-order valence-electron chi connectivity index (χ4n) is 3.25. The van der Waals surface area contributed by atoms with Gasteiger partial charge < -0.3 is 15.0 Å². The summed E-state index contributed by atoms with van der Waals surface area (Å²) in [6, 6.07) is 11.1. The van der Waals surface area contributed by atoms with E-state index in [-0.39, 0.29) is 29.9 Å². The highest BCUT2D eigenvalue weighted by atomic mass is 127. The van der Waals surface area contributed by atoms with Gasteiger partial charge in [-0.1, -0.05) is 12.1 Å². The van der Waals surface area contributed by atoms with Gasteiger partial charge in [0.05, 0.1) is 12.0 Å². The Morgan fingerprint density at radius 3 is 2.59 bits per heavy atom. The number of ether oxygens (including phenoxy) is 1. The van der Waals surface area contributed by atoms with Crippen LogP contribution in [0.4, 0.5) is 18.9 Å². The smallest absolute Gasteiger partial charge is 0.420 e. The van der Waals surface area contributed by atoms with Crippen molar-refractivity contribution in [1.82, 2.24) is 4.90 Å². The second-order valence-corrected chi connectivity index (χ2v) is 8.43. The third-order valence-corrected chi connectivity index (χ3v) is 5.45. The van der Waals surface area contributed by atoms with Crippen molar-refractivity contribution in [2.24, 2.45) is 0 Å². The summed E-state index contributed by atoms with van der Waals surface area (Å²) in [6.07, 6.45) is -3.36. The average Bonchev–Trinajstić information content (AvgIpc) is 2.64. The van der Waals surface area contributed by atoms with Crippen LogP contribution in [-0.4, -0.2) is 37.0 Å². The predicted molar refractivity (Wildman–Crippen MR) is 114 cm³/mol. The van der Waals surface area contributed by atoms with Crippen LogP contribution in [0.15, 0.2) is 42.5 Å². The molecule has 0 aromatic heterocycles. The highest BCUT2D eigenvalue weighted by Gasteiger charge is 2.35. The van der Waals surface area contributed by atoms with Gasteiger partial charge in [0.1, 0.15) is 11.9 Å². The molecule has 2 aromatic rings. The summed E-state index contributed by atoms with van der Waals surface area (Å²) in [4.78, 5) is 14.4. The van der Waals surface area contributed by atoms with Crippen molar-refractivity contribution in [1.29, 1.82) is 0 Å². The van der Waals surface area contributed by atoms with E-state index in [0.717, 1.165) is 28.3 Å². The molecule has 0 unspecified atom stereocenters. The highest BCUT2D eigenvalue weighted by Crippen LogP contribution is 2.39. The first kappa shape index (κ1) is 21.9. The average molecular weight is 518 g/mol. The molecule has 1 N–H and O–H groups in total. The first-order valence-electron chi connectivity index (χ1n) is 9.31. The Labute approximate surface area is 181 Å². The van der Waals surface area contributed by atoms with E-state index in [1.54, 1.807) is 6.07 Å². The molecule has 156 valence electrons. The number of nitrogens with one attached hydrogen (secondary N) is 1. The Morgan fingerprint density at radius 1 is 1.21 bits per heavy atom. The number of benzene rings is 2. The van der Waals surface area contributed by atoms with Gasteiger partial charge in [-0.3, -0.25) is 4.79 Å². The molecule has 0 bridgehead atoms. The number of piperidine rings is 1. The highest BCUT2D eigenvalue weighted by molar-refractivity contribution is 14.1. The number of hydrogen-bond acceptors (Lipinski definition) is 3. The van der Waals surface area contributed by atoms with Gasteiger partial charge in [0.2, 0.25) is 5.91 Å². The second-order valence-electron chi connectivity index (χ2n) is 7.18.